The molecule has 3 aromatic carbocycles. The molecule has 6 nitrogen and oxygen atoms in total. The zero-order valence-electron chi connectivity index (χ0n) is 16.9. The van der Waals surface area contributed by atoms with Crippen LogP contribution < -0.4 is 14.3 Å². The van der Waals surface area contributed by atoms with Crippen LogP contribution in [-0.4, -0.2) is 26.1 Å². The molecule has 0 unspecified atom stereocenters. The second-order valence-electron chi connectivity index (χ2n) is 7.13. The molecule has 4 aromatic rings. The van der Waals surface area contributed by atoms with Crippen molar-refractivity contribution in [3.8, 4) is 5.75 Å². The first-order valence-corrected chi connectivity index (χ1v) is 12.1. The molecule has 0 radical (unpaired) electrons. The highest BCUT2D eigenvalue weighted by Gasteiger charge is 2.16. The fourth-order valence-electron chi connectivity index (χ4n) is 3.19. The molecule has 0 saturated heterocycles. The van der Waals surface area contributed by atoms with E-state index in [1.54, 1.807) is 16.7 Å². The molecule has 0 aliphatic rings. The van der Waals surface area contributed by atoms with Gasteiger partial charge in [0.25, 0.3) is 0 Å². The maximum Gasteiger partial charge on any atom is 0.308 e. The molecule has 0 fully saturated rings. The van der Waals surface area contributed by atoms with E-state index < -0.39 is 10.0 Å². The van der Waals surface area contributed by atoms with E-state index in [1.165, 1.54) is 6.07 Å². The van der Waals surface area contributed by atoms with E-state index >= 15 is 0 Å². The number of ether oxygens (including phenoxy) is 1. The average Bonchev–Trinajstić information content (AvgIpc) is 3.07. The van der Waals surface area contributed by atoms with Gasteiger partial charge in [-0.05, 0) is 42.8 Å². The molecule has 8 heteroatoms. The van der Waals surface area contributed by atoms with Crippen LogP contribution in [0.4, 0.5) is 0 Å². The summed E-state index contributed by atoms with van der Waals surface area (Å²) in [6.45, 7) is 2.78. The third kappa shape index (κ3) is 5.04. The van der Waals surface area contributed by atoms with Gasteiger partial charge < -0.3 is 4.74 Å². The van der Waals surface area contributed by atoms with Crippen molar-refractivity contribution in [3.05, 3.63) is 93.6 Å². The molecule has 160 valence electrons. The topological polar surface area (TPSA) is 77.4 Å². The summed E-state index contributed by atoms with van der Waals surface area (Å²) in [5, 5.41) is 0. The number of fused-ring (bicyclic) bond motifs is 1. The van der Waals surface area contributed by atoms with Crippen LogP contribution in [0.15, 0.2) is 82.5 Å². The van der Waals surface area contributed by atoms with E-state index in [0.717, 1.165) is 28.0 Å². The molecule has 1 heterocycles. The van der Waals surface area contributed by atoms with Crippen LogP contribution in [0, 0.1) is 6.92 Å². The van der Waals surface area contributed by atoms with Crippen molar-refractivity contribution in [2.24, 2.45) is 0 Å². The molecule has 0 aliphatic carbocycles. The van der Waals surface area contributed by atoms with Gasteiger partial charge in [-0.2, -0.15) is 0 Å². The van der Waals surface area contributed by atoms with Crippen molar-refractivity contribution in [1.29, 1.82) is 0 Å². The van der Waals surface area contributed by atoms with Gasteiger partial charge in [0.15, 0.2) is 0 Å². The molecule has 0 atom stereocenters. The minimum atomic E-state index is -3.71. The highest BCUT2D eigenvalue weighted by Crippen LogP contribution is 2.22. The van der Waals surface area contributed by atoms with Crippen LogP contribution in [0.1, 0.15) is 11.1 Å². The maximum absolute atomic E-state index is 12.7. The van der Waals surface area contributed by atoms with E-state index in [-0.39, 0.29) is 22.9 Å². The van der Waals surface area contributed by atoms with Crippen molar-refractivity contribution < 1.29 is 13.2 Å². The van der Waals surface area contributed by atoms with Crippen molar-refractivity contribution in [3.63, 3.8) is 0 Å². The Morgan fingerprint density at radius 2 is 1.74 bits per heavy atom. The van der Waals surface area contributed by atoms with Crippen LogP contribution >= 0.6 is 11.3 Å². The highest BCUT2D eigenvalue weighted by atomic mass is 32.2. The monoisotopic (exact) mass is 454 g/mol. The Kier molecular flexibility index (Phi) is 6.22. The lowest BCUT2D eigenvalue weighted by Crippen LogP contribution is -2.28. The van der Waals surface area contributed by atoms with E-state index in [2.05, 4.69) is 4.72 Å². The number of hydrogen-bond donors (Lipinski definition) is 1. The summed E-state index contributed by atoms with van der Waals surface area (Å²) in [5.74, 6) is 0.691. The predicted octanol–water partition coefficient (Wildman–Crippen LogP) is 3.78. The molecule has 1 aromatic heterocycles. The summed E-state index contributed by atoms with van der Waals surface area (Å²) in [6, 6.07) is 22.0. The van der Waals surface area contributed by atoms with Crippen molar-refractivity contribution in [2.45, 2.75) is 18.4 Å². The molecule has 0 aliphatic heterocycles. The van der Waals surface area contributed by atoms with Gasteiger partial charge in [-0.3, -0.25) is 9.36 Å². The van der Waals surface area contributed by atoms with Crippen LogP contribution in [-0.2, 0) is 16.6 Å². The third-order valence-corrected chi connectivity index (χ3v) is 7.22. The van der Waals surface area contributed by atoms with Crippen LogP contribution in [0.25, 0.3) is 10.2 Å². The van der Waals surface area contributed by atoms with Crippen LogP contribution in [0.2, 0.25) is 0 Å². The zero-order chi connectivity index (χ0) is 21.8. The lowest BCUT2D eigenvalue weighted by Gasteiger charge is -2.09. The zero-order valence-corrected chi connectivity index (χ0v) is 18.6. The SMILES string of the molecule is Cc1ccc(OCCNS(=O)(=O)c2ccc3c(c2)sc(=O)n3Cc2ccccc2)cc1. The Morgan fingerprint density at radius 3 is 2.48 bits per heavy atom. The van der Waals surface area contributed by atoms with Gasteiger partial charge in [0.05, 0.1) is 21.7 Å². The molecule has 4 rings (SSSR count). The van der Waals surface area contributed by atoms with Crippen molar-refractivity contribution in [2.75, 3.05) is 13.2 Å². The molecule has 0 spiro atoms. The Hall–Kier alpha value is -2.94. The first-order chi connectivity index (χ1) is 14.9. The highest BCUT2D eigenvalue weighted by molar-refractivity contribution is 7.89. The van der Waals surface area contributed by atoms with Crippen molar-refractivity contribution >= 4 is 31.6 Å². The van der Waals surface area contributed by atoms with Gasteiger partial charge in [-0.25, -0.2) is 13.1 Å². The summed E-state index contributed by atoms with van der Waals surface area (Å²) in [7, 11) is -3.71. The lowest BCUT2D eigenvalue weighted by molar-refractivity contribution is 0.323. The third-order valence-electron chi connectivity index (χ3n) is 4.82. The fraction of sp³-hybridized carbons (Fsp3) is 0.174. The maximum atomic E-state index is 12.7. The quantitative estimate of drug-likeness (QED) is 0.411. The molecule has 0 bridgehead atoms. The van der Waals surface area contributed by atoms with E-state index in [4.69, 9.17) is 4.74 Å². The number of nitrogens with one attached hydrogen (secondary N) is 1. The molecule has 0 saturated carbocycles. The second kappa shape index (κ2) is 9.05. The van der Waals surface area contributed by atoms with Gasteiger partial charge >= 0.3 is 4.87 Å². The number of thiazole rings is 1. The Labute approximate surface area is 184 Å². The summed E-state index contributed by atoms with van der Waals surface area (Å²) >= 11 is 1.05. The van der Waals surface area contributed by atoms with Gasteiger partial charge in [-0.1, -0.05) is 59.4 Å². The number of sulfonamides is 1. The van der Waals surface area contributed by atoms with Gasteiger partial charge in [0, 0.05) is 6.54 Å². The number of rotatable bonds is 8. The second-order valence-corrected chi connectivity index (χ2v) is 9.89. The number of benzene rings is 3. The first kappa shape index (κ1) is 21.3. The van der Waals surface area contributed by atoms with Crippen molar-refractivity contribution in [1.82, 2.24) is 9.29 Å². The summed E-state index contributed by atoms with van der Waals surface area (Å²) < 4.78 is 35.8. The van der Waals surface area contributed by atoms with Gasteiger partial charge in [-0.15, -0.1) is 0 Å². The predicted molar refractivity (Wildman–Crippen MR) is 123 cm³/mol. The van der Waals surface area contributed by atoms with Crippen LogP contribution in [0.5, 0.6) is 5.75 Å². The van der Waals surface area contributed by atoms with Gasteiger partial charge in [0.1, 0.15) is 12.4 Å². The summed E-state index contributed by atoms with van der Waals surface area (Å²) in [4.78, 5) is 12.5. The minimum absolute atomic E-state index is 0.118. The minimum Gasteiger partial charge on any atom is -0.492 e. The van der Waals surface area contributed by atoms with E-state index in [9.17, 15) is 13.2 Å². The Balaban J connectivity index is 1.45. The van der Waals surface area contributed by atoms with Crippen LogP contribution in [0.3, 0.4) is 0 Å². The normalized spacial score (nSPS) is 11.6. The number of nitrogens with zero attached hydrogens (tertiary/aromatic N) is 1. The number of hydrogen-bond acceptors (Lipinski definition) is 5. The molecule has 1 N–H and O–H groups in total. The molecule has 0 amide bonds. The van der Waals surface area contributed by atoms with E-state index in [1.807, 2.05) is 61.5 Å². The van der Waals surface area contributed by atoms with Gasteiger partial charge in [0.2, 0.25) is 10.0 Å². The number of aromatic nitrogens is 1. The Bertz CT molecular complexity index is 1340. The lowest BCUT2D eigenvalue weighted by atomic mass is 10.2. The molecule has 31 heavy (non-hydrogen) atoms. The average molecular weight is 455 g/mol. The Morgan fingerprint density at radius 1 is 1.00 bits per heavy atom. The summed E-state index contributed by atoms with van der Waals surface area (Å²) in [5.41, 5.74) is 2.86. The first-order valence-electron chi connectivity index (χ1n) is 9.79. The van der Waals surface area contributed by atoms with E-state index in [0.29, 0.717) is 17.0 Å². The summed E-state index contributed by atoms with van der Waals surface area (Å²) in [6.07, 6.45) is 0. The largest absolute Gasteiger partial charge is 0.492 e. The molecular formula is C23H22N2O4S2. The standard InChI is InChI=1S/C23H22N2O4S2/c1-17-7-9-19(10-8-17)29-14-13-24-31(27,28)20-11-12-21-22(15-20)30-23(26)25(21)16-18-5-3-2-4-6-18/h2-12,15,24H,13-14,16H2,1H3. The molecular weight excluding hydrogens is 432 g/mol. The fourth-order valence-corrected chi connectivity index (χ4v) is 5.24. The smallest absolute Gasteiger partial charge is 0.308 e. The number of aryl methyl sites for hydroxylation is 1.